The Morgan fingerprint density at radius 2 is 1.95 bits per heavy atom. The summed E-state index contributed by atoms with van der Waals surface area (Å²) < 4.78 is 6.86. The van der Waals surface area contributed by atoms with Crippen molar-refractivity contribution < 1.29 is 4.74 Å². The van der Waals surface area contributed by atoms with Gasteiger partial charge in [0.05, 0.1) is 4.47 Å². The Labute approximate surface area is 135 Å². The minimum atomic E-state index is 0.460. The summed E-state index contributed by atoms with van der Waals surface area (Å²) in [6.07, 6.45) is 0. The van der Waals surface area contributed by atoms with Gasteiger partial charge in [0.2, 0.25) is 0 Å². The number of halogens is 3. The first kappa shape index (κ1) is 14.9. The third-order valence-corrected chi connectivity index (χ3v) is 4.35. The summed E-state index contributed by atoms with van der Waals surface area (Å²) in [5.41, 5.74) is 3.25. The van der Waals surface area contributed by atoms with Crippen LogP contribution in [-0.4, -0.2) is 0 Å². The maximum absolute atomic E-state index is 6.21. The lowest BCUT2D eigenvalue weighted by atomic mass is 10.1. The van der Waals surface area contributed by atoms with Gasteiger partial charge in [0.25, 0.3) is 0 Å². The third kappa shape index (κ3) is 3.74. The molecule has 0 aromatic heterocycles. The Morgan fingerprint density at radius 1 is 1.16 bits per heavy atom. The normalized spacial score (nSPS) is 10.5. The molecule has 0 saturated carbocycles. The van der Waals surface area contributed by atoms with Gasteiger partial charge >= 0.3 is 0 Å². The second-order valence-corrected chi connectivity index (χ2v) is 6.07. The fourth-order valence-corrected chi connectivity index (χ4v) is 2.99. The number of hydrogen-bond donors (Lipinski definition) is 0. The Balaban J connectivity index is 2.19. The van der Waals surface area contributed by atoms with Crippen molar-refractivity contribution in [1.29, 1.82) is 0 Å². The lowest BCUT2D eigenvalue weighted by Crippen LogP contribution is -1.99. The number of para-hydroxylation sites is 1. The van der Waals surface area contributed by atoms with Gasteiger partial charge in [0.15, 0.2) is 0 Å². The van der Waals surface area contributed by atoms with Gasteiger partial charge in [0.1, 0.15) is 12.4 Å². The van der Waals surface area contributed by atoms with Gasteiger partial charge in [0, 0.05) is 21.5 Å². The smallest absolute Gasteiger partial charge is 0.138 e. The predicted molar refractivity (Wildman–Crippen MR) is 87.3 cm³/mol. The van der Waals surface area contributed by atoms with Gasteiger partial charge in [-0.25, -0.2) is 0 Å². The van der Waals surface area contributed by atoms with E-state index in [4.69, 9.17) is 16.3 Å². The summed E-state index contributed by atoms with van der Waals surface area (Å²) in [4.78, 5) is 0. The van der Waals surface area contributed by atoms with Crippen LogP contribution < -0.4 is 4.74 Å². The molecule has 4 heteroatoms. The highest BCUT2D eigenvalue weighted by Crippen LogP contribution is 2.31. The molecule has 0 bridgehead atoms. The minimum Gasteiger partial charge on any atom is -0.487 e. The number of aryl methyl sites for hydroxylation is 1. The van der Waals surface area contributed by atoms with Crippen LogP contribution in [-0.2, 0) is 11.9 Å². The van der Waals surface area contributed by atoms with Gasteiger partial charge in [-0.2, -0.15) is 0 Å². The molecule has 0 fully saturated rings. The predicted octanol–water partition coefficient (Wildman–Crippen LogP) is 5.88. The molecular formula is C15H13Br2ClO. The van der Waals surface area contributed by atoms with E-state index in [-0.39, 0.29) is 0 Å². The van der Waals surface area contributed by atoms with Crippen molar-refractivity contribution in [3.63, 3.8) is 0 Å². The third-order valence-electron chi connectivity index (χ3n) is 2.77. The second-order valence-electron chi connectivity index (χ2n) is 4.25. The molecule has 0 aliphatic heterocycles. The number of ether oxygens (including phenoxy) is 1. The van der Waals surface area contributed by atoms with Crippen LogP contribution in [0.1, 0.15) is 16.7 Å². The summed E-state index contributed by atoms with van der Waals surface area (Å²) in [6, 6.07) is 12.0. The van der Waals surface area contributed by atoms with E-state index in [2.05, 4.69) is 31.9 Å². The maximum atomic E-state index is 6.21. The number of hydrogen-bond acceptors (Lipinski definition) is 1. The number of alkyl halides is 1. The molecule has 0 unspecified atom stereocenters. The Hall–Kier alpha value is -0.510. The average Bonchev–Trinajstić information content (AvgIpc) is 2.39. The van der Waals surface area contributed by atoms with Crippen LogP contribution in [0, 0.1) is 6.92 Å². The van der Waals surface area contributed by atoms with E-state index in [0.717, 1.165) is 37.3 Å². The maximum Gasteiger partial charge on any atom is 0.138 e. The zero-order valence-corrected chi connectivity index (χ0v) is 14.3. The highest BCUT2D eigenvalue weighted by atomic mass is 79.9. The molecular weight excluding hydrogens is 391 g/mol. The zero-order chi connectivity index (χ0) is 13.8. The zero-order valence-electron chi connectivity index (χ0n) is 10.4. The summed E-state index contributed by atoms with van der Waals surface area (Å²) in [7, 11) is 0. The van der Waals surface area contributed by atoms with Crippen molar-refractivity contribution in [2.24, 2.45) is 0 Å². The average molecular weight is 405 g/mol. The van der Waals surface area contributed by atoms with Crippen molar-refractivity contribution in [1.82, 2.24) is 0 Å². The van der Waals surface area contributed by atoms with Crippen LogP contribution in [0.25, 0.3) is 0 Å². The second kappa shape index (κ2) is 6.78. The van der Waals surface area contributed by atoms with E-state index in [1.165, 1.54) is 0 Å². The molecule has 0 radical (unpaired) electrons. The van der Waals surface area contributed by atoms with Crippen LogP contribution in [0.5, 0.6) is 5.75 Å². The molecule has 0 aliphatic carbocycles. The molecule has 19 heavy (non-hydrogen) atoms. The van der Waals surface area contributed by atoms with Crippen LogP contribution in [0.15, 0.2) is 40.9 Å². The SMILES string of the molecule is Cc1ccc(COc2c(Br)cccc2CBr)c(Cl)c1. The fourth-order valence-electron chi connectivity index (χ4n) is 1.74. The molecule has 0 amide bonds. The molecule has 0 atom stereocenters. The first-order chi connectivity index (χ1) is 9.11. The van der Waals surface area contributed by atoms with E-state index in [1.54, 1.807) is 0 Å². The lowest BCUT2D eigenvalue weighted by Gasteiger charge is -2.13. The summed E-state index contributed by atoms with van der Waals surface area (Å²) >= 11 is 13.2. The monoisotopic (exact) mass is 402 g/mol. The van der Waals surface area contributed by atoms with Gasteiger partial charge in [-0.15, -0.1) is 0 Å². The summed E-state index contributed by atoms with van der Waals surface area (Å²) in [5.74, 6) is 0.857. The fraction of sp³-hybridized carbons (Fsp3) is 0.200. The highest BCUT2D eigenvalue weighted by molar-refractivity contribution is 9.10. The highest BCUT2D eigenvalue weighted by Gasteiger charge is 2.08. The summed E-state index contributed by atoms with van der Waals surface area (Å²) in [5, 5.41) is 1.50. The van der Waals surface area contributed by atoms with Gasteiger partial charge in [-0.3, -0.25) is 0 Å². The number of rotatable bonds is 4. The quantitative estimate of drug-likeness (QED) is 0.578. The van der Waals surface area contributed by atoms with Crippen LogP contribution in [0.2, 0.25) is 5.02 Å². The molecule has 0 saturated heterocycles. The van der Waals surface area contributed by atoms with Gasteiger partial charge in [-0.1, -0.05) is 51.8 Å². The molecule has 100 valence electrons. The van der Waals surface area contributed by atoms with Crippen LogP contribution >= 0.6 is 43.5 Å². The van der Waals surface area contributed by atoms with E-state index in [9.17, 15) is 0 Å². The largest absolute Gasteiger partial charge is 0.487 e. The molecule has 0 aliphatic rings. The molecule has 1 nitrogen and oxygen atoms in total. The van der Waals surface area contributed by atoms with Crippen LogP contribution in [0.4, 0.5) is 0 Å². The Morgan fingerprint density at radius 3 is 2.63 bits per heavy atom. The van der Waals surface area contributed by atoms with E-state index < -0.39 is 0 Å². The van der Waals surface area contributed by atoms with E-state index in [0.29, 0.717) is 6.61 Å². The first-order valence-electron chi connectivity index (χ1n) is 5.83. The van der Waals surface area contributed by atoms with E-state index in [1.807, 2.05) is 43.3 Å². The molecule has 0 N–H and O–H groups in total. The molecule has 0 spiro atoms. The van der Waals surface area contributed by atoms with Crippen LogP contribution in [0.3, 0.4) is 0 Å². The van der Waals surface area contributed by atoms with Crippen molar-refractivity contribution in [2.45, 2.75) is 18.9 Å². The molecule has 0 heterocycles. The first-order valence-corrected chi connectivity index (χ1v) is 8.12. The van der Waals surface area contributed by atoms with Crippen molar-refractivity contribution in [2.75, 3.05) is 0 Å². The van der Waals surface area contributed by atoms with Crippen molar-refractivity contribution in [3.8, 4) is 5.75 Å². The molecule has 2 aromatic carbocycles. The van der Waals surface area contributed by atoms with E-state index >= 15 is 0 Å². The standard InChI is InChI=1S/C15H13Br2ClO/c1-10-5-6-12(14(18)7-10)9-19-15-11(8-16)3-2-4-13(15)17/h2-7H,8-9H2,1H3. The van der Waals surface area contributed by atoms with Gasteiger partial charge in [-0.05, 0) is 40.5 Å². The lowest BCUT2D eigenvalue weighted by molar-refractivity contribution is 0.302. The molecule has 2 rings (SSSR count). The topological polar surface area (TPSA) is 9.23 Å². The minimum absolute atomic E-state index is 0.460. The number of benzene rings is 2. The Kier molecular flexibility index (Phi) is 5.31. The Bertz CT molecular complexity index is 584. The molecule has 2 aromatic rings. The van der Waals surface area contributed by atoms with Crippen molar-refractivity contribution >= 4 is 43.5 Å². The van der Waals surface area contributed by atoms with Crippen molar-refractivity contribution in [3.05, 3.63) is 62.6 Å². The summed E-state index contributed by atoms with van der Waals surface area (Å²) in [6.45, 7) is 2.48. The van der Waals surface area contributed by atoms with Gasteiger partial charge < -0.3 is 4.74 Å².